The van der Waals surface area contributed by atoms with Crippen LogP contribution in [0.4, 0.5) is 5.69 Å². The first-order valence-corrected chi connectivity index (χ1v) is 14.3. The molecule has 0 bridgehead atoms. The average Bonchev–Trinajstić information content (AvgIpc) is 3.48. The molecule has 192 valence electrons. The summed E-state index contributed by atoms with van der Waals surface area (Å²) >= 11 is 7.22. The summed E-state index contributed by atoms with van der Waals surface area (Å²) in [6.07, 6.45) is 8.88. The maximum atomic E-state index is 12.4. The molecule has 2 fully saturated rings. The van der Waals surface area contributed by atoms with Crippen molar-refractivity contribution in [1.82, 2.24) is 10.2 Å². The molecule has 0 saturated carbocycles. The van der Waals surface area contributed by atoms with Gasteiger partial charge in [0.2, 0.25) is 0 Å². The predicted octanol–water partition coefficient (Wildman–Crippen LogP) is 5.52. The van der Waals surface area contributed by atoms with Gasteiger partial charge in [-0.2, -0.15) is 0 Å². The Balaban J connectivity index is 1.31. The van der Waals surface area contributed by atoms with Gasteiger partial charge in [0.15, 0.2) is 0 Å². The number of thiophene rings is 1. The number of likely N-dealkylation sites (tertiary alicyclic amines) is 1. The highest BCUT2D eigenvalue weighted by Gasteiger charge is 2.27. The minimum atomic E-state index is -0.206. The third kappa shape index (κ3) is 5.86. The van der Waals surface area contributed by atoms with E-state index in [-0.39, 0.29) is 12.0 Å². The Hall–Kier alpha value is -2.58. The second-order valence-electron chi connectivity index (χ2n) is 9.81. The molecule has 1 atom stereocenters. The van der Waals surface area contributed by atoms with E-state index in [9.17, 15) is 4.79 Å². The third-order valence-electron chi connectivity index (χ3n) is 7.22. The molecule has 1 aromatic carbocycles. The van der Waals surface area contributed by atoms with Crippen molar-refractivity contribution >= 4 is 46.1 Å². The van der Waals surface area contributed by atoms with Gasteiger partial charge in [-0.1, -0.05) is 41.7 Å². The number of halogens is 1. The third-order valence-corrected chi connectivity index (χ3v) is 8.45. The van der Waals surface area contributed by atoms with Gasteiger partial charge in [-0.25, -0.2) is 0 Å². The molecule has 0 aliphatic carbocycles. The van der Waals surface area contributed by atoms with E-state index in [1.807, 2.05) is 0 Å². The second-order valence-corrected chi connectivity index (χ2v) is 11.5. The Kier molecular flexibility index (Phi) is 8.12. The number of benzene rings is 1. The van der Waals surface area contributed by atoms with E-state index in [1.165, 1.54) is 43.4 Å². The highest BCUT2D eigenvalue weighted by molar-refractivity contribution is 7.18. The normalized spacial score (nSPS) is 20.5. The van der Waals surface area contributed by atoms with Crippen molar-refractivity contribution in [2.45, 2.75) is 57.5 Å². The molecule has 2 aromatic rings. The zero-order chi connectivity index (χ0) is 24.9. The van der Waals surface area contributed by atoms with Crippen molar-refractivity contribution in [3.05, 3.63) is 50.7 Å². The highest BCUT2D eigenvalue weighted by atomic mass is 35.5. The van der Waals surface area contributed by atoms with Crippen LogP contribution in [0.25, 0.3) is 0 Å². The Morgan fingerprint density at radius 3 is 2.50 bits per heavy atom. The second kappa shape index (κ2) is 11.6. The Labute approximate surface area is 221 Å². The van der Waals surface area contributed by atoms with E-state index in [0.717, 1.165) is 61.5 Å². The topological polar surface area (TPSA) is 81.0 Å². The number of carbonyl (C=O) groups is 1. The lowest BCUT2D eigenvalue weighted by molar-refractivity contribution is 0.0755. The zero-order valence-electron chi connectivity index (χ0n) is 20.6. The Morgan fingerprint density at radius 2 is 1.78 bits per heavy atom. The summed E-state index contributed by atoms with van der Waals surface area (Å²) in [7, 11) is 0. The molecular weight excluding hydrogens is 494 g/mol. The number of amides is 1. The Morgan fingerprint density at radius 1 is 1.06 bits per heavy atom. The monoisotopic (exact) mass is 527 g/mol. The van der Waals surface area contributed by atoms with E-state index >= 15 is 0 Å². The van der Waals surface area contributed by atoms with Crippen LogP contribution in [0.3, 0.4) is 0 Å². The highest BCUT2D eigenvalue weighted by Crippen LogP contribution is 2.30. The van der Waals surface area contributed by atoms with Crippen molar-refractivity contribution in [3.8, 4) is 0 Å². The molecule has 1 aromatic heterocycles. The quantitative estimate of drug-likeness (QED) is 0.383. The number of piperidine rings is 1. The van der Waals surface area contributed by atoms with Crippen LogP contribution in [0.5, 0.6) is 0 Å². The minimum absolute atomic E-state index is 0.144. The van der Waals surface area contributed by atoms with Crippen LogP contribution in [0.15, 0.2) is 35.5 Å². The van der Waals surface area contributed by atoms with Gasteiger partial charge in [0.05, 0.1) is 21.5 Å². The fourth-order valence-electron chi connectivity index (χ4n) is 5.22. The van der Waals surface area contributed by atoms with E-state index in [2.05, 4.69) is 38.5 Å². The molecule has 3 aliphatic heterocycles. The van der Waals surface area contributed by atoms with Crippen LogP contribution in [-0.4, -0.2) is 61.2 Å². The number of hydrogen-bond acceptors (Lipinski definition) is 6. The molecule has 5 rings (SSSR count). The van der Waals surface area contributed by atoms with Gasteiger partial charge >= 0.3 is 0 Å². The van der Waals surface area contributed by atoms with Gasteiger partial charge in [0.25, 0.3) is 5.91 Å². The SMILES string of the molecule is N=C(c1ccc(C2=NOC(CNC(=O)c3ccc(Cl)s3)C2)c(N2CCCCCC2)c1)N1CCCCC1. The van der Waals surface area contributed by atoms with Crippen molar-refractivity contribution < 1.29 is 9.63 Å². The lowest BCUT2D eigenvalue weighted by Gasteiger charge is -2.30. The first kappa shape index (κ1) is 25.1. The van der Waals surface area contributed by atoms with Gasteiger partial charge < -0.3 is 20.0 Å². The van der Waals surface area contributed by atoms with E-state index < -0.39 is 0 Å². The number of nitrogens with one attached hydrogen (secondary N) is 2. The average molecular weight is 528 g/mol. The van der Waals surface area contributed by atoms with Gasteiger partial charge in [-0.3, -0.25) is 10.2 Å². The molecule has 7 nitrogen and oxygen atoms in total. The fourth-order valence-corrected chi connectivity index (χ4v) is 6.18. The van der Waals surface area contributed by atoms with Crippen molar-refractivity contribution in [3.63, 3.8) is 0 Å². The smallest absolute Gasteiger partial charge is 0.261 e. The number of amidine groups is 1. The molecule has 3 aliphatic rings. The summed E-state index contributed by atoms with van der Waals surface area (Å²) in [5.74, 6) is 0.478. The van der Waals surface area contributed by atoms with Crippen LogP contribution < -0.4 is 10.2 Å². The molecule has 0 spiro atoms. The number of nitrogens with zero attached hydrogens (tertiary/aromatic N) is 3. The van der Waals surface area contributed by atoms with Crippen LogP contribution in [0.1, 0.15) is 72.2 Å². The Bertz CT molecular complexity index is 1120. The minimum Gasteiger partial charge on any atom is -0.390 e. The molecule has 36 heavy (non-hydrogen) atoms. The lowest BCUT2D eigenvalue weighted by atomic mass is 9.98. The summed E-state index contributed by atoms with van der Waals surface area (Å²) in [6.45, 7) is 4.35. The molecule has 2 saturated heterocycles. The number of anilines is 1. The fraction of sp³-hybridized carbons (Fsp3) is 0.519. The summed E-state index contributed by atoms with van der Waals surface area (Å²) < 4.78 is 0.598. The van der Waals surface area contributed by atoms with Crippen LogP contribution in [0, 0.1) is 5.41 Å². The number of oxime groups is 1. The van der Waals surface area contributed by atoms with Crippen LogP contribution >= 0.6 is 22.9 Å². The first-order chi connectivity index (χ1) is 17.6. The van der Waals surface area contributed by atoms with Gasteiger partial charge in [0.1, 0.15) is 11.9 Å². The van der Waals surface area contributed by atoms with E-state index in [0.29, 0.717) is 28.0 Å². The standard InChI is InChI=1S/C27H34ClN5O2S/c28-25-11-10-24(36-25)27(34)30-18-20-17-22(31-35-20)21-9-8-19(26(29)33-14-6-3-7-15-33)16-23(21)32-12-4-1-2-5-13-32/h8-11,16,20,29H,1-7,12-15,17-18H2,(H,30,34). The van der Waals surface area contributed by atoms with Crippen molar-refractivity contribution in [1.29, 1.82) is 5.41 Å². The molecule has 9 heteroatoms. The first-order valence-electron chi connectivity index (χ1n) is 13.1. The van der Waals surface area contributed by atoms with Gasteiger partial charge in [-0.15, -0.1) is 11.3 Å². The number of carbonyl (C=O) groups excluding carboxylic acids is 1. The molecular formula is C27H34ClN5O2S. The summed E-state index contributed by atoms with van der Waals surface area (Å²) in [6, 6.07) is 9.83. The van der Waals surface area contributed by atoms with Crippen LogP contribution in [0.2, 0.25) is 4.34 Å². The van der Waals surface area contributed by atoms with E-state index in [1.54, 1.807) is 12.1 Å². The van der Waals surface area contributed by atoms with Crippen LogP contribution in [-0.2, 0) is 4.84 Å². The predicted molar refractivity (Wildman–Crippen MR) is 147 cm³/mol. The van der Waals surface area contributed by atoms with Crippen molar-refractivity contribution in [2.75, 3.05) is 37.6 Å². The maximum absolute atomic E-state index is 12.4. The molecule has 1 amide bonds. The summed E-state index contributed by atoms with van der Waals surface area (Å²) in [5.41, 5.74) is 4.10. The van der Waals surface area contributed by atoms with E-state index in [4.69, 9.17) is 21.8 Å². The molecule has 1 unspecified atom stereocenters. The van der Waals surface area contributed by atoms with Gasteiger partial charge in [0, 0.05) is 49.4 Å². The molecule has 2 N–H and O–H groups in total. The number of rotatable bonds is 6. The zero-order valence-corrected chi connectivity index (χ0v) is 22.2. The molecule has 0 radical (unpaired) electrons. The van der Waals surface area contributed by atoms with Gasteiger partial charge in [-0.05, 0) is 50.3 Å². The number of hydrogen-bond donors (Lipinski definition) is 2. The summed E-state index contributed by atoms with van der Waals surface area (Å²) in [5, 5.41) is 16.2. The summed E-state index contributed by atoms with van der Waals surface area (Å²) in [4.78, 5) is 23.4. The van der Waals surface area contributed by atoms with Crippen molar-refractivity contribution in [2.24, 2.45) is 5.16 Å². The molecule has 4 heterocycles. The maximum Gasteiger partial charge on any atom is 0.261 e. The largest absolute Gasteiger partial charge is 0.390 e. The lowest BCUT2D eigenvalue weighted by Crippen LogP contribution is -2.36.